The summed E-state index contributed by atoms with van der Waals surface area (Å²) in [5, 5.41) is 6.25. The first-order valence-electron chi connectivity index (χ1n) is 7.25. The van der Waals surface area contributed by atoms with Crippen molar-refractivity contribution in [3.63, 3.8) is 0 Å². The van der Waals surface area contributed by atoms with E-state index in [4.69, 9.17) is 0 Å². The van der Waals surface area contributed by atoms with Gasteiger partial charge in [-0.15, -0.1) is 0 Å². The second-order valence-electron chi connectivity index (χ2n) is 5.05. The van der Waals surface area contributed by atoms with Crippen molar-refractivity contribution in [1.29, 1.82) is 0 Å². The van der Waals surface area contributed by atoms with Crippen molar-refractivity contribution in [2.45, 2.75) is 52.9 Å². The second kappa shape index (κ2) is 8.57. The summed E-state index contributed by atoms with van der Waals surface area (Å²) in [6.45, 7) is 6.79. The standard InChI is InChI=1S/C16H26N2O/c1-4-5-6-7-8-11-17-15-9-10-16(13(2)12-15)18-14(3)19/h9-10,12,17H,4-8,11H2,1-3H3,(H,18,19). The van der Waals surface area contributed by atoms with Gasteiger partial charge in [-0.3, -0.25) is 4.79 Å². The predicted octanol–water partition coefficient (Wildman–Crippen LogP) is 4.34. The van der Waals surface area contributed by atoms with Gasteiger partial charge in [0.1, 0.15) is 0 Å². The van der Waals surface area contributed by atoms with E-state index in [0.717, 1.165) is 23.5 Å². The molecule has 0 unspecified atom stereocenters. The van der Waals surface area contributed by atoms with Crippen molar-refractivity contribution in [2.75, 3.05) is 17.2 Å². The topological polar surface area (TPSA) is 41.1 Å². The van der Waals surface area contributed by atoms with Crippen molar-refractivity contribution in [3.8, 4) is 0 Å². The van der Waals surface area contributed by atoms with Crippen molar-refractivity contribution < 1.29 is 4.79 Å². The number of hydrogen-bond donors (Lipinski definition) is 2. The average Bonchev–Trinajstić information content (AvgIpc) is 2.36. The van der Waals surface area contributed by atoms with Crippen molar-refractivity contribution in [3.05, 3.63) is 23.8 Å². The van der Waals surface area contributed by atoms with E-state index in [2.05, 4.69) is 23.6 Å². The molecule has 0 atom stereocenters. The molecule has 0 aliphatic heterocycles. The molecule has 0 aliphatic rings. The minimum atomic E-state index is -0.0280. The maximum atomic E-state index is 11.0. The Morgan fingerprint density at radius 1 is 1.16 bits per heavy atom. The van der Waals surface area contributed by atoms with Crippen LogP contribution in [0.15, 0.2) is 18.2 Å². The molecule has 0 bridgehead atoms. The smallest absolute Gasteiger partial charge is 0.221 e. The van der Waals surface area contributed by atoms with Gasteiger partial charge < -0.3 is 10.6 Å². The number of unbranched alkanes of at least 4 members (excludes halogenated alkanes) is 4. The second-order valence-corrected chi connectivity index (χ2v) is 5.05. The van der Waals surface area contributed by atoms with Crippen LogP contribution in [0.25, 0.3) is 0 Å². The molecule has 0 aromatic heterocycles. The number of carbonyl (C=O) groups excluding carboxylic acids is 1. The molecule has 0 fully saturated rings. The van der Waals surface area contributed by atoms with Crippen LogP contribution in [0.2, 0.25) is 0 Å². The molecule has 0 heterocycles. The third-order valence-corrected chi connectivity index (χ3v) is 3.15. The van der Waals surface area contributed by atoms with E-state index in [1.165, 1.54) is 39.0 Å². The number of benzene rings is 1. The Bertz CT molecular complexity index is 402. The highest BCUT2D eigenvalue weighted by atomic mass is 16.1. The van der Waals surface area contributed by atoms with E-state index in [-0.39, 0.29) is 5.91 Å². The molecule has 0 saturated heterocycles. The molecule has 0 spiro atoms. The van der Waals surface area contributed by atoms with E-state index in [0.29, 0.717) is 0 Å². The Kier molecular flexibility index (Phi) is 7.01. The molecule has 3 heteroatoms. The Labute approximate surface area is 116 Å². The molecule has 106 valence electrons. The van der Waals surface area contributed by atoms with Gasteiger partial charge >= 0.3 is 0 Å². The Hall–Kier alpha value is -1.51. The normalized spacial score (nSPS) is 10.3. The lowest BCUT2D eigenvalue weighted by atomic mass is 10.1. The predicted molar refractivity (Wildman–Crippen MR) is 82.7 cm³/mol. The fourth-order valence-electron chi connectivity index (χ4n) is 2.06. The zero-order valence-corrected chi connectivity index (χ0v) is 12.4. The molecule has 1 amide bonds. The van der Waals surface area contributed by atoms with Gasteiger partial charge in [0.05, 0.1) is 0 Å². The summed E-state index contributed by atoms with van der Waals surface area (Å²) in [5.41, 5.74) is 3.11. The molecule has 0 saturated carbocycles. The first kappa shape index (κ1) is 15.5. The highest BCUT2D eigenvalue weighted by Crippen LogP contribution is 2.19. The number of hydrogen-bond acceptors (Lipinski definition) is 2. The van der Waals surface area contributed by atoms with Crippen LogP contribution in [-0.4, -0.2) is 12.5 Å². The van der Waals surface area contributed by atoms with Gasteiger partial charge in [-0.05, 0) is 37.1 Å². The van der Waals surface area contributed by atoms with E-state index in [9.17, 15) is 4.79 Å². The van der Waals surface area contributed by atoms with Gasteiger partial charge in [0.2, 0.25) is 5.91 Å². The van der Waals surface area contributed by atoms with Crippen LogP contribution >= 0.6 is 0 Å². The quantitative estimate of drug-likeness (QED) is 0.684. The van der Waals surface area contributed by atoms with Crippen LogP contribution < -0.4 is 10.6 Å². The van der Waals surface area contributed by atoms with Crippen LogP contribution in [0.4, 0.5) is 11.4 Å². The highest BCUT2D eigenvalue weighted by molar-refractivity contribution is 5.89. The highest BCUT2D eigenvalue weighted by Gasteiger charge is 2.01. The van der Waals surface area contributed by atoms with Gasteiger partial charge in [0, 0.05) is 24.8 Å². The largest absolute Gasteiger partial charge is 0.385 e. The first-order chi connectivity index (χ1) is 9.13. The van der Waals surface area contributed by atoms with E-state index in [1.54, 1.807) is 0 Å². The average molecular weight is 262 g/mol. The van der Waals surface area contributed by atoms with Gasteiger partial charge in [-0.1, -0.05) is 32.6 Å². The van der Waals surface area contributed by atoms with Crippen LogP contribution in [0.5, 0.6) is 0 Å². The third kappa shape index (κ3) is 6.27. The van der Waals surface area contributed by atoms with Gasteiger partial charge in [0.15, 0.2) is 0 Å². The first-order valence-corrected chi connectivity index (χ1v) is 7.25. The summed E-state index contributed by atoms with van der Waals surface area (Å²) in [7, 11) is 0. The minimum absolute atomic E-state index is 0.0280. The Morgan fingerprint density at radius 2 is 1.89 bits per heavy atom. The van der Waals surface area contributed by atoms with E-state index in [1.807, 2.05) is 19.1 Å². The minimum Gasteiger partial charge on any atom is -0.385 e. The lowest BCUT2D eigenvalue weighted by Crippen LogP contribution is -2.08. The summed E-state index contributed by atoms with van der Waals surface area (Å²) in [6, 6.07) is 6.05. The van der Waals surface area contributed by atoms with Crippen molar-refractivity contribution >= 4 is 17.3 Å². The fraction of sp³-hybridized carbons (Fsp3) is 0.562. The number of aryl methyl sites for hydroxylation is 1. The van der Waals surface area contributed by atoms with E-state index >= 15 is 0 Å². The molecular weight excluding hydrogens is 236 g/mol. The Morgan fingerprint density at radius 3 is 2.53 bits per heavy atom. The SMILES string of the molecule is CCCCCCCNc1ccc(NC(C)=O)c(C)c1. The molecule has 2 N–H and O–H groups in total. The zero-order valence-electron chi connectivity index (χ0n) is 12.4. The van der Waals surface area contributed by atoms with Crippen molar-refractivity contribution in [1.82, 2.24) is 0 Å². The molecule has 1 aromatic carbocycles. The molecule has 3 nitrogen and oxygen atoms in total. The molecule has 0 aliphatic carbocycles. The van der Waals surface area contributed by atoms with Crippen LogP contribution in [0.3, 0.4) is 0 Å². The summed E-state index contributed by atoms with van der Waals surface area (Å²) >= 11 is 0. The fourth-order valence-corrected chi connectivity index (χ4v) is 2.06. The maximum Gasteiger partial charge on any atom is 0.221 e. The number of carbonyl (C=O) groups is 1. The van der Waals surface area contributed by atoms with Gasteiger partial charge in [-0.2, -0.15) is 0 Å². The molecule has 1 rings (SSSR count). The Balaban J connectivity index is 2.35. The maximum absolute atomic E-state index is 11.0. The molecule has 0 radical (unpaired) electrons. The van der Waals surface area contributed by atoms with Crippen LogP contribution in [0.1, 0.15) is 51.5 Å². The lowest BCUT2D eigenvalue weighted by molar-refractivity contribution is -0.114. The number of amides is 1. The third-order valence-electron chi connectivity index (χ3n) is 3.15. The van der Waals surface area contributed by atoms with Gasteiger partial charge in [0.25, 0.3) is 0 Å². The number of nitrogens with one attached hydrogen (secondary N) is 2. The number of anilines is 2. The molecule has 1 aromatic rings. The number of rotatable bonds is 8. The summed E-state index contributed by atoms with van der Waals surface area (Å²) in [5.74, 6) is -0.0280. The summed E-state index contributed by atoms with van der Waals surface area (Å²) in [4.78, 5) is 11.0. The summed E-state index contributed by atoms with van der Waals surface area (Å²) in [6.07, 6.45) is 6.47. The lowest BCUT2D eigenvalue weighted by Gasteiger charge is -2.10. The molecule has 19 heavy (non-hydrogen) atoms. The van der Waals surface area contributed by atoms with Crippen molar-refractivity contribution in [2.24, 2.45) is 0 Å². The zero-order chi connectivity index (χ0) is 14.1. The van der Waals surface area contributed by atoms with E-state index < -0.39 is 0 Å². The van der Waals surface area contributed by atoms with Crippen LogP contribution in [0, 0.1) is 6.92 Å². The van der Waals surface area contributed by atoms with Crippen LogP contribution in [-0.2, 0) is 4.79 Å². The molecular formula is C16H26N2O. The monoisotopic (exact) mass is 262 g/mol. The van der Waals surface area contributed by atoms with Gasteiger partial charge in [-0.25, -0.2) is 0 Å². The summed E-state index contributed by atoms with van der Waals surface area (Å²) < 4.78 is 0.